The van der Waals surface area contributed by atoms with E-state index >= 15 is 0 Å². The molecule has 0 spiro atoms. The Labute approximate surface area is 240 Å². The lowest BCUT2D eigenvalue weighted by Crippen LogP contribution is -2.76. The number of nitrogens with one attached hydrogen (secondary N) is 1. The van der Waals surface area contributed by atoms with Crippen molar-refractivity contribution in [1.82, 2.24) is 25.1 Å². The van der Waals surface area contributed by atoms with Crippen LogP contribution < -0.4 is 5.32 Å². The minimum atomic E-state index is -4.55. The number of urea groups is 1. The summed E-state index contributed by atoms with van der Waals surface area (Å²) in [6.45, 7) is -0.163. The third kappa shape index (κ3) is 6.18. The molecule has 2 atom stereocenters. The summed E-state index contributed by atoms with van der Waals surface area (Å²) in [6, 6.07) is 18.7. The normalized spacial score (nSPS) is 19.6. The monoisotopic (exact) mass is 581 g/mol. The Balaban J connectivity index is 1.47. The SMILES string of the molecule is CN1CC(=O)N2[C@@H](Cc3ccc(O)cc3)C(=O)N(Cc3cccc(C(F)(F)F)c3)C[C@@H]2N1C(=O)NCc1ccccc1. The van der Waals surface area contributed by atoms with Crippen LogP contribution >= 0.6 is 0 Å². The van der Waals surface area contributed by atoms with Gasteiger partial charge in [0.25, 0.3) is 0 Å². The molecule has 4 amide bonds. The van der Waals surface area contributed by atoms with Gasteiger partial charge in [-0.1, -0.05) is 54.6 Å². The molecule has 2 heterocycles. The van der Waals surface area contributed by atoms with Crippen LogP contribution in [0.2, 0.25) is 0 Å². The predicted molar refractivity (Wildman–Crippen MR) is 146 cm³/mol. The average molecular weight is 582 g/mol. The first-order valence-electron chi connectivity index (χ1n) is 13.4. The van der Waals surface area contributed by atoms with Crippen molar-refractivity contribution in [3.05, 3.63) is 101 Å². The number of hydrazine groups is 1. The summed E-state index contributed by atoms with van der Waals surface area (Å²) in [5, 5.41) is 15.5. The molecule has 2 N–H and O–H groups in total. The van der Waals surface area contributed by atoms with E-state index in [1.165, 1.54) is 44.1 Å². The highest BCUT2D eigenvalue weighted by molar-refractivity contribution is 5.91. The summed E-state index contributed by atoms with van der Waals surface area (Å²) < 4.78 is 40.2. The lowest BCUT2D eigenvalue weighted by atomic mass is 9.98. The zero-order valence-corrected chi connectivity index (χ0v) is 22.8. The van der Waals surface area contributed by atoms with Crippen molar-refractivity contribution in [2.45, 2.75) is 37.9 Å². The van der Waals surface area contributed by atoms with Crippen LogP contribution in [0.15, 0.2) is 78.9 Å². The molecule has 0 unspecified atom stereocenters. The number of hydrogen-bond acceptors (Lipinski definition) is 5. The Morgan fingerprint density at radius 1 is 0.952 bits per heavy atom. The molecule has 3 aromatic rings. The van der Waals surface area contributed by atoms with Gasteiger partial charge in [-0.05, 0) is 41.0 Å². The van der Waals surface area contributed by atoms with E-state index in [9.17, 15) is 32.7 Å². The number of halogens is 3. The van der Waals surface area contributed by atoms with Gasteiger partial charge in [-0.25, -0.2) is 14.8 Å². The first-order chi connectivity index (χ1) is 20.0. The number of fused-ring (bicyclic) bond motifs is 1. The molecule has 2 aliphatic heterocycles. The molecule has 0 radical (unpaired) electrons. The van der Waals surface area contributed by atoms with Crippen molar-refractivity contribution in [3.63, 3.8) is 0 Å². The Kier molecular flexibility index (Phi) is 8.08. The second-order valence-corrected chi connectivity index (χ2v) is 10.4. The molecule has 5 rings (SSSR count). The van der Waals surface area contributed by atoms with Crippen LogP contribution in [-0.4, -0.2) is 75.1 Å². The molecule has 220 valence electrons. The van der Waals surface area contributed by atoms with E-state index in [4.69, 9.17) is 0 Å². The van der Waals surface area contributed by atoms with E-state index in [0.29, 0.717) is 5.56 Å². The molecule has 9 nitrogen and oxygen atoms in total. The largest absolute Gasteiger partial charge is 0.508 e. The zero-order valence-electron chi connectivity index (χ0n) is 22.8. The number of rotatable bonds is 6. The minimum Gasteiger partial charge on any atom is -0.508 e. The van der Waals surface area contributed by atoms with Crippen LogP contribution in [0, 0.1) is 0 Å². The van der Waals surface area contributed by atoms with Gasteiger partial charge in [0.15, 0.2) is 0 Å². The Morgan fingerprint density at radius 2 is 1.64 bits per heavy atom. The topological polar surface area (TPSA) is 96.4 Å². The molecule has 2 saturated heterocycles. The number of alkyl halides is 3. The van der Waals surface area contributed by atoms with Crippen molar-refractivity contribution in [2.24, 2.45) is 0 Å². The number of phenolic OH excluding ortho intramolecular Hbond substituents is 1. The molecule has 0 saturated carbocycles. The number of phenols is 1. The van der Waals surface area contributed by atoms with E-state index < -0.39 is 35.9 Å². The van der Waals surface area contributed by atoms with Crippen molar-refractivity contribution >= 4 is 17.8 Å². The van der Waals surface area contributed by atoms with E-state index in [-0.39, 0.29) is 49.8 Å². The summed E-state index contributed by atoms with van der Waals surface area (Å²) >= 11 is 0. The molecule has 3 aromatic carbocycles. The number of benzene rings is 3. The fourth-order valence-electron chi connectivity index (χ4n) is 5.42. The number of likely N-dealkylation sites (N-methyl/N-ethyl adjacent to an activating group) is 1. The number of hydrogen-bond donors (Lipinski definition) is 2. The Bertz CT molecular complexity index is 1450. The van der Waals surface area contributed by atoms with Gasteiger partial charge < -0.3 is 20.2 Å². The summed E-state index contributed by atoms with van der Waals surface area (Å²) in [7, 11) is 1.60. The van der Waals surface area contributed by atoms with Crippen molar-refractivity contribution in [2.75, 3.05) is 20.1 Å². The average Bonchev–Trinajstić information content (AvgIpc) is 2.95. The lowest BCUT2D eigenvalue weighted by Gasteiger charge is -2.54. The zero-order chi connectivity index (χ0) is 30.0. The van der Waals surface area contributed by atoms with E-state index in [0.717, 1.165) is 17.7 Å². The van der Waals surface area contributed by atoms with Gasteiger partial charge >= 0.3 is 12.2 Å². The van der Waals surface area contributed by atoms with Crippen LogP contribution in [0.1, 0.15) is 22.3 Å². The smallest absolute Gasteiger partial charge is 0.416 e. The second-order valence-electron chi connectivity index (χ2n) is 10.4. The van der Waals surface area contributed by atoms with Crippen LogP contribution in [0.5, 0.6) is 5.75 Å². The van der Waals surface area contributed by atoms with Gasteiger partial charge in [0.1, 0.15) is 18.0 Å². The molecule has 2 aliphatic rings. The maximum absolute atomic E-state index is 13.9. The Hall–Kier alpha value is -4.58. The molecular weight excluding hydrogens is 551 g/mol. The fourth-order valence-corrected chi connectivity index (χ4v) is 5.42. The number of carbonyl (C=O) groups is 3. The summed E-state index contributed by atoms with van der Waals surface area (Å²) in [5.74, 6) is -0.764. The molecule has 0 aromatic heterocycles. The number of nitrogens with zero attached hydrogens (tertiary/aromatic N) is 4. The molecule has 42 heavy (non-hydrogen) atoms. The second kappa shape index (κ2) is 11.7. The first kappa shape index (κ1) is 28.9. The maximum atomic E-state index is 13.9. The van der Waals surface area contributed by atoms with Crippen molar-refractivity contribution in [1.29, 1.82) is 0 Å². The van der Waals surface area contributed by atoms with Crippen molar-refractivity contribution < 1.29 is 32.7 Å². The number of amides is 4. The molecule has 12 heteroatoms. The standard InChI is InChI=1S/C30H30F3N5O4/c1-35-19-27(40)37-25(15-20-10-12-24(39)13-11-20)28(41)36(17-22-8-5-9-23(14-22)30(31,32)33)18-26(37)38(35)29(42)34-16-21-6-3-2-4-7-21/h2-14,25-26,39H,15-19H2,1H3,(H,34,42)/t25-,26-/m0/s1. The third-order valence-corrected chi connectivity index (χ3v) is 7.43. The van der Waals surface area contributed by atoms with Gasteiger partial charge in [-0.2, -0.15) is 13.2 Å². The maximum Gasteiger partial charge on any atom is 0.416 e. The van der Waals surface area contributed by atoms with Crippen molar-refractivity contribution in [3.8, 4) is 5.75 Å². The lowest BCUT2D eigenvalue weighted by molar-refractivity contribution is -0.187. The molecule has 0 aliphatic carbocycles. The predicted octanol–water partition coefficient (Wildman–Crippen LogP) is 3.59. The van der Waals surface area contributed by atoms with Gasteiger partial charge in [0.2, 0.25) is 11.8 Å². The summed E-state index contributed by atoms with van der Waals surface area (Å²) in [4.78, 5) is 43.6. The van der Waals surface area contributed by atoms with Gasteiger partial charge in [-0.15, -0.1) is 0 Å². The van der Waals surface area contributed by atoms with Crippen LogP contribution in [0.25, 0.3) is 0 Å². The quantitative estimate of drug-likeness (QED) is 0.464. The van der Waals surface area contributed by atoms with E-state index in [1.54, 1.807) is 19.2 Å². The Morgan fingerprint density at radius 3 is 2.33 bits per heavy atom. The fraction of sp³-hybridized carbons (Fsp3) is 0.300. The first-order valence-corrected chi connectivity index (χ1v) is 13.4. The highest BCUT2D eigenvalue weighted by Gasteiger charge is 2.50. The minimum absolute atomic E-state index is 0.0368. The number of piperazine rings is 1. The highest BCUT2D eigenvalue weighted by atomic mass is 19.4. The summed E-state index contributed by atoms with van der Waals surface area (Å²) in [5.41, 5.74) is 0.970. The van der Waals surface area contributed by atoms with Gasteiger partial charge in [0.05, 0.1) is 18.7 Å². The highest BCUT2D eigenvalue weighted by Crippen LogP contribution is 2.32. The van der Waals surface area contributed by atoms with Crippen LogP contribution in [0.3, 0.4) is 0 Å². The van der Waals surface area contributed by atoms with E-state index in [1.807, 2.05) is 30.3 Å². The number of carbonyl (C=O) groups excluding carboxylic acids is 3. The van der Waals surface area contributed by atoms with Crippen LogP contribution in [-0.2, 0) is 35.3 Å². The van der Waals surface area contributed by atoms with Gasteiger partial charge in [-0.3, -0.25) is 9.59 Å². The summed E-state index contributed by atoms with van der Waals surface area (Å²) in [6.07, 6.45) is -5.37. The third-order valence-electron chi connectivity index (χ3n) is 7.43. The molecule has 0 bridgehead atoms. The number of aromatic hydroxyl groups is 1. The van der Waals surface area contributed by atoms with Gasteiger partial charge in [0, 0.05) is 26.6 Å². The van der Waals surface area contributed by atoms with E-state index in [2.05, 4.69) is 5.32 Å². The molecule has 2 fully saturated rings. The molecular formula is C30H30F3N5O4. The van der Waals surface area contributed by atoms with Crippen LogP contribution in [0.4, 0.5) is 18.0 Å².